The van der Waals surface area contributed by atoms with Crippen LogP contribution < -0.4 is 15.5 Å². The maximum Gasteiger partial charge on any atom is 0.338 e. The lowest BCUT2D eigenvalue weighted by atomic mass is 9.94. The molecule has 2 aliphatic heterocycles. The second kappa shape index (κ2) is 10.3. The lowest BCUT2D eigenvalue weighted by molar-refractivity contribution is -0.139. The van der Waals surface area contributed by atoms with Gasteiger partial charge in [-0.25, -0.2) is 9.59 Å². The number of benzene rings is 2. The molecule has 2 aromatic carbocycles. The molecule has 2 amide bonds. The predicted molar refractivity (Wildman–Crippen MR) is 134 cm³/mol. The van der Waals surface area contributed by atoms with E-state index in [4.69, 9.17) is 4.74 Å². The van der Waals surface area contributed by atoms with Crippen LogP contribution in [0.3, 0.4) is 0 Å². The number of esters is 1. The third-order valence-corrected chi connectivity index (χ3v) is 6.73. The van der Waals surface area contributed by atoms with Crippen LogP contribution in [-0.4, -0.2) is 56.2 Å². The van der Waals surface area contributed by atoms with E-state index in [-0.39, 0.29) is 12.6 Å². The topological polar surface area (TPSA) is 73.9 Å². The molecule has 0 spiro atoms. The number of aryl methyl sites for hydroxylation is 2. The van der Waals surface area contributed by atoms with E-state index in [2.05, 4.69) is 52.5 Å². The molecule has 34 heavy (non-hydrogen) atoms. The largest absolute Gasteiger partial charge is 0.463 e. The minimum atomic E-state index is -0.542. The summed E-state index contributed by atoms with van der Waals surface area (Å²) in [5.41, 5.74) is 6.96. The number of nitrogens with zero attached hydrogens (tertiary/aromatic N) is 2. The molecular formula is C27H34N4O3. The summed E-state index contributed by atoms with van der Waals surface area (Å²) in [7, 11) is 0. The molecule has 2 aliphatic rings. The number of ether oxygens (including phenoxy) is 1. The number of amides is 2. The summed E-state index contributed by atoms with van der Waals surface area (Å²) < 4.78 is 5.40. The number of nitrogens with one attached hydrogen (secondary N) is 2. The Hall–Kier alpha value is -3.32. The lowest BCUT2D eigenvalue weighted by Gasteiger charge is -2.38. The molecule has 7 heteroatoms. The first kappa shape index (κ1) is 23.8. The maximum atomic E-state index is 13.0. The molecule has 180 valence electrons. The van der Waals surface area contributed by atoms with Crippen molar-refractivity contribution in [2.24, 2.45) is 0 Å². The number of hydrogen-bond acceptors (Lipinski definition) is 5. The van der Waals surface area contributed by atoms with Crippen LogP contribution in [-0.2, 0) is 9.53 Å². The molecule has 1 fully saturated rings. The summed E-state index contributed by atoms with van der Waals surface area (Å²) in [5, 5.41) is 5.81. The first-order valence-corrected chi connectivity index (χ1v) is 11.9. The molecule has 4 rings (SSSR count). The van der Waals surface area contributed by atoms with Gasteiger partial charge in [0.25, 0.3) is 0 Å². The molecule has 2 aromatic rings. The Balaban J connectivity index is 1.56. The second-order valence-corrected chi connectivity index (χ2v) is 9.04. The van der Waals surface area contributed by atoms with Crippen LogP contribution in [0.2, 0.25) is 0 Å². The van der Waals surface area contributed by atoms with Crippen LogP contribution in [0.4, 0.5) is 10.5 Å². The molecule has 1 unspecified atom stereocenters. The average Bonchev–Trinajstić information content (AvgIpc) is 2.82. The summed E-state index contributed by atoms with van der Waals surface area (Å²) >= 11 is 0. The summed E-state index contributed by atoms with van der Waals surface area (Å²) in [4.78, 5) is 30.3. The third kappa shape index (κ3) is 5.09. The Morgan fingerprint density at radius 2 is 1.74 bits per heavy atom. The van der Waals surface area contributed by atoms with Gasteiger partial charge in [-0.05, 0) is 50.5 Å². The summed E-state index contributed by atoms with van der Waals surface area (Å²) in [6.07, 6.45) is 0. The number of hydrogen-bond donors (Lipinski definition) is 2. The molecule has 0 aliphatic carbocycles. The maximum absolute atomic E-state index is 13.0. The van der Waals surface area contributed by atoms with E-state index in [0.717, 1.165) is 37.3 Å². The Kier molecular flexibility index (Phi) is 7.22. The second-order valence-electron chi connectivity index (χ2n) is 9.04. The van der Waals surface area contributed by atoms with Crippen LogP contribution in [0.25, 0.3) is 0 Å². The van der Waals surface area contributed by atoms with Crippen LogP contribution in [0.15, 0.2) is 53.7 Å². The predicted octanol–water partition coefficient (Wildman–Crippen LogP) is 3.61. The van der Waals surface area contributed by atoms with E-state index in [1.807, 2.05) is 31.2 Å². The van der Waals surface area contributed by atoms with Crippen molar-refractivity contribution in [1.29, 1.82) is 0 Å². The normalized spacial score (nSPS) is 19.0. The van der Waals surface area contributed by atoms with Crippen LogP contribution in [0.5, 0.6) is 0 Å². The fraction of sp³-hybridized carbons (Fsp3) is 0.407. The molecule has 0 aromatic heterocycles. The van der Waals surface area contributed by atoms with Gasteiger partial charge in [-0.1, -0.05) is 42.0 Å². The fourth-order valence-corrected chi connectivity index (χ4v) is 4.65. The smallest absolute Gasteiger partial charge is 0.338 e. The average molecular weight is 463 g/mol. The van der Waals surface area contributed by atoms with Crippen molar-refractivity contribution in [3.63, 3.8) is 0 Å². The summed E-state index contributed by atoms with van der Waals surface area (Å²) in [6, 6.07) is 13.5. The Bertz CT molecular complexity index is 1090. The minimum Gasteiger partial charge on any atom is -0.463 e. The van der Waals surface area contributed by atoms with E-state index in [9.17, 15) is 9.59 Å². The number of rotatable bonds is 6. The van der Waals surface area contributed by atoms with Gasteiger partial charge in [-0.2, -0.15) is 0 Å². The molecule has 1 atom stereocenters. The van der Waals surface area contributed by atoms with Crippen LogP contribution in [0.1, 0.15) is 35.2 Å². The number of carbonyl (C=O) groups excluding carboxylic acids is 2. The van der Waals surface area contributed by atoms with Crippen LogP contribution >= 0.6 is 0 Å². The van der Waals surface area contributed by atoms with E-state index in [1.165, 1.54) is 16.8 Å². The standard InChI is InChI=1S/C27H34N4O3/c1-5-34-26(32)24-22(28-27(33)29-25(24)21-11-9-18(2)10-12-21)17-30-13-15-31(16-14-30)23-8-6-7-19(3)20(23)4/h6-12,25H,5,13-17H2,1-4H3,(H2,28,29,33). The van der Waals surface area contributed by atoms with Crippen molar-refractivity contribution in [3.05, 3.63) is 76.0 Å². The van der Waals surface area contributed by atoms with E-state index >= 15 is 0 Å². The van der Waals surface area contributed by atoms with Crippen molar-refractivity contribution < 1.29 is 14.3 Å². The fourth-order valence-electron chi connectivity index (χ4n) is 4.65. The van der Waals surface area contributed by atoms with Gasteiger partial charge in [0.15, 0.2) is 0 Å². The monoisotopic (exact) mass is 462 g/mol. The number of carbonyl (C=O) groups is 2. The van der Waals surface area contributed by atoms with E-state index in [0.29, 0.717) is 17.8 Å². The molecule has 7 nitrogen and oxygen atoms in total. The van der Waals surface area contributed by atoms with Crippen molar-refractivity contribution in [1.82, 2.24) is 15.5 Å². The SMILES string of the molecule is CCOC(=O)C1=C(CN2CCN(c3cccc(C)c3C)CC2)NC(=O)NC1c1ccc(C)cc1. The van der Waals surface area contributed by atoms with Crippen molar-refractivity contribution >= 4 is 17.7 Å². The van der Waals surface area contributed by atoms with Gasteiger partial charge in [0, 0.05) is 44.1 Å². The van der Waals surface area contributed by atoms with Gasteiger partial charge >= 0.3 is 12.0 Å². The van der Waals surface area contributed by atoms with Gasteiger partial charge < -0.3 is 20.3 Å². The molecular weight excluding hydrogens is 428 g/mol. The zero-order valence-corrected chi connectivity index (χ0v) is 20.5. The van der Waals surface area contributed by atoms with Gasteiger partial charge in [0.05, 0.1) is 18.2 Å². The lowest BCUT2D eigenvalue weighted by Crippen LogP contribution is -2.52. The first-order valence-electron chi connectivity index (χ1n) is 11.9. The molecule has 2 heterocycles. The quantitative estimate of drug-likeness (QED) is 0.642. The van der Waals surface area contributed by atoms with Crippen LogP contribution in [0, 0.1) is 20.8 Å². The van der Waals surface area contributed by atoms with Crippen molar-refractivity contribution in [2.75, 3.05) is 44.2 Å². The summed E-state index contributed by atoms with van der Waals surface area (Å²) in [6.45, 7) is 12.3. The highest BCUT2D eigenvalue weighted by Crippen LogP contribution is 2.29. The Morgan fingerprint density at radius 1 is 1.03 bits per heavy atom. The number of piperazine rings is 1. The van der Waals surface area contributed by atoms with Gasteiger partial charge in [-0.15, -0.1) is 0 Å². The molecule has 1 saturated heterocycles. The zero-order chi connectivity index (χ0) is 24.2. The van der Waals surface area contributed by atoms with E-state index < -0.39 is 12.0 Å². The Labute approximate surface area is 201 Å². The Morgan fingerprint density at radius 3 is 2.41 bits per heavy atom. The molecule has 0 saturated carbocycles. The van der Waals surface area contributed by atoms with Gasteiger partial charge in [0.1, 0.15) is 0 Å². The highest BCUT2D eigenvalue weighted by molar-refractivity contribution is 5.95. The highest BCUT2D eigenvalue weighted by Gasteiger charge is 2.34. The van der Waals surface area contributed by atoms with Gasteiger partial charge in [-0.3, -0.25) is 4.90 Å². The number of urea groups is 1. The zero-order valence-electron chi connectivity index (χ0n) is 20.5. The van der Waals surface area contributed by atoms with E-state index in [1.54, 1.807) is 6.92 Å². The third-order valence-electron chi connectivity index (χ3n) is 6.73. The van der Waals surface area contributed by atoms with Crippen molar-refractivity contribution in [3.8, 4) is 0 Å². The first-order chi connectivity index (χ1) is 16.4. The van der Waals surface area contributed by atoms with Crippen molar-refractivity contribution in [2.45, 2.75) is 33.7 Å². The molecule has 2 N–H and O–H groups in total. The minimum absolute atomic E-state index is 0.276. The molecule has 0 radical (unpaired) electrons. The molecule has 0 bridgehead atoms. The number of anilines is 1. The summed E-state index contributed by atoms with van der Waals surface area (Å²) in [5.74, 6) is -0.399. The highest BCUT2D eigenvalue weighted by atomic mass is 16.5. The van der Waals surface area contributed by atoms with Gasteiger partial charge in [0.2, 0.25) is 0 Å².